The van der Waals surface area contributed by atoms with E-state index in [9.17, 15) is 9.59 Å². The van der Waals surface area contributed by atoms with Crippen molar-refractivity contribution >= 4 is 28.3 Å². The normalized spacial score (nSPS) is 12.6. The number of carbonyl (C=O) groups is 2. The number of anilines is 1. The van der Waals surface area contributed by atoms with E-state index in [2.05, 4.69) is 15.3 Å². The van der Waals surface area contributed by atoms with Crippen LogP contribution in [0, 0.1) is 0 Å². The lowest BCUT2D eigenvalue weighted by molar-refractivity contribution is -0.128. The van der Waals surface area contributed by atoms with E-state index in [-0.39, 0.29) is 19.1 Å². The molecule has 0 aliphatic carbocycles. The highest BCUT2D eigenvalue weighted by atomic mass is 16.2. The third-order valence-corrected chi connectivity index (χ3v) is 5.19. The zero-order valence-electron chi connectivity index (χ0n) is 17.0. The number of rotatable bonds is 9. The van der Waals surface area contributed by atoms with E-state index >= 15 is 0 Å². The molecule has 2 aromatic heterocycles. The Kier molecular flexibility index (Phi) is 8.63. The van der Waals surface area contributed by atoms with Crippen molar-refractivity contribution in [1.29, 1.82) is 0 Å². The molecule has 2 heterocycles. The van der Waals surface area contributed by atoms with Crippen LogP contribution >= 0.6 is 0 Å². The molecular weight excluding hydrogens is 390 g/mol. The summed E-state index contributed by atoms with van der Waals surface area (Å²) in [4.78, 5) is 32.8. The second-order valence-electron chi connectivity index (χ2n) is 7.45. The van der Waals surface area contributed by atoms with E-state index in [0.29, 0.717) is 31.5 Å². The number of nitrogens with one attached hydrogen (secondary N) is 1. The number of nitrogens with zero attached hydrogens (tertiary/aromatic N) is 2. The van der Waals surface area contributed by atoms with Gasteiger partial charge in [-0.3, -0.25) is 14.6 Å². The minimum Gasteiger partial charge on any atom is -0.383 e. The van der Waals surface area contributed by atoms with Gasteiger partial charge in [0.15, 0.2) is 5.78 Å². The zero-order chi connectivity index (χ0) is 21.5. The van der Waals surface area contributed by atoms with Gasteiger partial charge < -0.3 is 16.8 Å². The number of benzene rings is 1. The quantitative estimate of drug-likeness (QED) is 0.488. The molecule has 7 heteroatoms. The first-order valence-corrected chi connectivity index (χ1v) is 10.0. The first-order valence-electron chi connectivity index (χ1n) is 10.0. The van der Waals surface area contributed by atoms with Crippen LogP contribution in [0.4, 0.5) is 5.82 Å². The monoisotopic (exact) mass is 421 g/mol. The first kappa shape index (κ1) is 24.0. The molecule has 0 spiro atoms. The average Bonchev–Trinajstić information content (AvgIpc) is 2.76. The van der Waals surface area contributed by atoms with Gasteiger partial charge in [0.1, 0.15) is 5.82 Å². The van der Waals surface area contributed by atoms with Crippen LogP contribution in [0.1, 0.15) is 38.3 Å². The minimum absolute atomic E-state index is 0. The summed E-state index contributed by atoms with van der Waals surface area (Å²) in [6, 6.07) is 10.3. The molecule has 0 saturated carbocycles. The molecule has 0 aliphatic rings. The maximum atomic E-state index is 12.5. The van der Waals surface area contributed by atoms with Crippen molar-refractivity contribution < 1.29 is 9.59 Å². The minimum atomic E-state index is -0.659. The van der Waals surface area contributed by atoms with E-state index < -0.39 is 12.1 Å². The molecule has 31 heavy (non-hydrogen) atoms. The highest BCUT2D eigenvalue weighted by Crippen LogP contribution is 2.20. The molecule has 0 fully saturated rings. The third kappa shape index (κ3) is 6.58. The molecule has 1 amide bonds. The third-order valence-electron chi connectivity index (χ3n) is 5.19. The maximum Gasteiger partial charge on any atom is 0.237 e. The lowest BCUT2D eigenvalue weighted by Gasteiger charge is -2.17. The fourth-order valence-electron chi connectivity index (χ4n) is 3.29. The summed E-state index contributed by atoms with van der Waals surface area (Å²) in [7, 11) is 0. The summed E-state index contributed by atoms with van der Waals surface area (Å²) >= 11 is 0. The number of aromatic nitrogens is 2. The number of amides is 1. The molecule has 0 bridgehead atoms. The Morgan fingerprint density at radius 2 is 1.77 bits per heavy atom. The Hall–Kier alpha value is -3.32. The Morgan fingerprint density at radius 3 is 2.52 bits per heavy atom. The van der Waals surface area contributed by atoms with E-state index in [1.54, 1.807) is 25.5 Å². The number of pyridine rings is 2. The summed E-state index contributed by atoms with van der Waals surface area (Å²) in [5, 5.41) is 4.63. The molecule has 0 saturated heterocycles. The van der Waals surface area contributed by atoms with Gasteiger partial charge in [0.25, 0.3) is 0 Å². The number of hydrogen-bond acceptors (Lipinski definition) is 6. The van der Waals surface area contributed by atoms with Gasteiger partial charge in [-0.05, 0) is 60.9 Å². The van der Waals surface area contributed by atoms with Crippen LogP contribution < -0.4 is 16.8 Å². The molecule has 0 radical (unpaired) electrons. The van der Waals surface area contributed by atoms with Gasteiger partial charge in [0.2, 0.25) is 5.91 Å². The number of nitrogens with two attached hydrogens (primary N) is 2. The Balaban J connectivity index is 0.00000341. The number of Topliss-reactive ketones (excluding diaryl/α,β-unsaturated/α-hetero) is 1. The fourth-order valence-corrected chi connectivity index (χ4v) is 3.29. The molecule has 7 nitrogen and oxygen atoms in total. The van der Waals surface area contributed by atoms with Crippen molar-refractivity contribution in [3.63, 3.8) is 0 Å². The van der Waals surface area contributed by atoms with Gasteiger partial charge in [-0.1, -0.05) is 25.6 Å². The lowest BCUT2D eigenvalue weighted by Crippen LogP contribution is -2.47. The molecule has 0 unspecified atom stereocenters. The van der Waals surface area contributed by atoms with Gasteiger partial charge in [0.05, 0.1) is 12.1 Å². The molecule has 3 rings (SSSR count). The van der Waals surface area contributed by atoms with E-state index in [1.807, 2.05) is 36.4 Å². The van der Waals surface area contributed by atoms with Crippen LogP contribution in [0.25, 0.3) is 10.8 Å². The van der Waals surface area contributed by atoms with Crippen LogP contribution in [0.3, 0.4) is 0 Å². The molecule has 0 aliphatic heterocycles. The van der Waals surface area contributed by atoms with E-state index in [1.165, 1.54) is 0 Å². The standard InChI is InChI=1S/C23H27N5O2.CH4/c1-15(28-23(30)20(24)6-3-16-8-11-26-12-9-16)21(29)7-4-17-2-5-19-18(14-17)10-13-27-22(19)25;/h2,5,8-15,20H,3-4,6-7,24H2,1H3,(H2,25,27)(H,28,30);1H4/t15-,20+;/m0./s1. The number of hydrogen-bond donors (Lipinski definition) is 3. The maximum absolute atomic E-state index is 12.5. The zero-order valence-corrected chi connectivity index (χ0v) is 17.0. The lowest BCUT2D eigenvalue weighted by atomic mass is 10.0. The number of ketones is 1. The molecule has 164 valence electrons. The van der Waals surface area contributed by atoms with Crippen molar-refractivity contribution in [2.45, 2.75) is 52.1 Å². The van der Waals surface area contributed by atoms with Crippen LogP contribution in [0.15, 0.2) is 55.0 Å². The van der Waals surface area contributed by atoms with Gasteiger partial charge in [-0.15, -0.1) is 0 Å². The fraction of sp³-hybridized carbons (Fsp3) is 0.333. The summed E-state index contributed by atoms with van der Waals surface area (Å²) in [6.07, 6.45) is 7.20. The van der Waals surface area contributed by atoms with Crippen molar-refractivity contribution in [1.82, 2.24) is 15.3 Å². The van der Waals surface area contributed by atoms with Crippen LogP contribution in [-0.2, 0) is 22.4 Å². The highest BCUT2D eigenvalue weighted by Gasteiger charge is 2.20. The second kappa shape index (κ2) is 11.2. The van der Waals surface area contributed by atoms with Crippen LogP contribution in [0.2, 0.25) is 0 Å². The van der Waals surface area contributed by atoms with E-state index in [0.717, 1.165) is 21.9 Å². The van der Waals surface area contributed by atoms with Gasteiger partial charge in [-0.25, -0.2) is 4.98 Å². The van der Waals surface area contributed by atoms with E-state index in [4.69, 9.17) is 11.5 Å². The summed E-state index contributed by atoms with van der Waals surface area (Å²) in [6.45, 7) is 1.70. The van der Waals surface area contributed by atoms with Gasteiger partial charge in [0, 0.05) is 30.4 Å². The Labute approximate surface area is 183 Å². The van der Waals surface area contributed by atoms with Crippen LogP contribution in [-0.4, -0.2) is 33.7 Å². The smallest absolute Gasteiger partial charge is 0.237 e. The second-order valence-corrected chi connectivity index (χ2v) is 7.45. The summed E-state index contributed by atoms with van der Waals surface area (Å²) in [5.74, 6) is 0.157. The highest BCUT2D eigenvalue weighted by molar-refractivity contribution is 5.92. The summed E-state index contributed by atoms with van der Waals surface area (Å²) < 4.78 is 0. The largest absolute Gasteiger partial charge is 0.383 e. The summed E-state index contributed by atoms with van der Waals surface area (Å²) in [5.41, 5.74) is 14.0. The van der Waals surface area contributed by atoms with Gasteiger partial charge in [-0.2, -0.15) is 0 Å². The number of nitrogen functional groups attached to an aromatic ring is 1. The average molecular weight is 422 g/mol. The first-order chi connectivity index (χ1) is 14.4. The van der Waals surface area contributed by atoms with Crippen molar-refractivity contribution in [3.05, 3.63) is 66.1 Å². The molecule has 1 aromatic carbocycles. The number of fused-ring (bicyclic) bond motifs is 1. The Morgan fingerprint density at radius 1 is 1.03 bits per heavy atom. The predicted molar refractivity (Wildman–Crippen MR) is 124 cm³/mol. The molecule has 2 atom stereocenters. The predicted octanol–water partition coefficient (Wildman–Crippen LogP) is 2.81. The van der Waals surface area contributed by atoms with Crippen molar-refractivity contribution in [3.8, 4) is 0 Å². The Bertz CT molecular complexity index is 1020. The molecule has 5 N–H and O–H groups in total. The van der Waals surface area contributed by atoms with Crippen molar-refractivity contribution in [2.75, 3.05) is 5.73 Å². The van der Waals surface area contributed by atoms with Crippen molar-refractivity contribution in [2.24, 2.45) is 5.73 Å². The number of carbonyl (C=O) groups excluding carboxylic acids is 2. The van der Waals surface area contributed by atoms with Gasteiger partial charge >= 0.3 is 0 Å². The molecule has 3 aromatic rings. The molecular formula is C24H31N5O2. The topological polar surface area (TPSA) is 124 Å². The number of aryl methyl sites for hydroxylation is 2. The van der Waals surface area contributed by atoms with Crippen LogP contribution in [0.5, 0.6) is 0 Å². The SMILES string of the molecule is C.C[C@H](NC(=O)[C@H](N)CCc1ccncc1)C(=O)CCc1ccc2c(N)nccc2c1.